The smallest absolute Gasteiger partial charge is 0.229 e. The Labute approximate surface area is 129 Å². The normalized spacial score (nSPS) is 13.4. The average molecular weight is 305 g/mol. The van der Waals surface area contributed by atoms with E-state index < -0.39 is 0 Å². The first-order chi connectivity index (χ1) is 9.99. The lowest BCUT2D eigenvalue weighted by Crippen LogP contribution is -2.35. The molecule has 6 heteroatoms. The van der Waals surface area contributed by atoms with Crippen LogP contribution in [0.1, 0.15) is 31.7 Å². The van der Waals surface area contributed by atoms with E-state index in [1.54, 1.807) is 13.0 Å². The highest BCUT2D eigenvalue weighted by molar-refractivity contribution is 7.80. The fourth-order valence-corrected chi connectivity index (χ4v) is 2.01. The molecule has 1 aliphatic carbocycles. The molecule has 5 nitrogen and oxygen atoms in total. The number of nitrogens with one attached hydrogen (secondary N) is 3. The minimum absolute atomic E-state index is 0.0286. The van der Waals surface area contributed by atoms with E-state index >= 15 is 0 Å². The first-order valence-electron chi connectivity index (χ1n) is 7.02. The first-order valence-corrected chi connectivity index (χ1v) is 7.42. The molecule has 1 aromatic carbocycles. The van der Waals surface area contributed by atoms with Crippen LogP contribution in [0, 0.1) is 12.8 Å². The van der Waals surface area contributed by atoms with Crippen LogP contribution in [0.25, 0.3) is 0 Å². The zero-order valence-electron chi connectivity index (χ0n) is 12.2. The summed E-state index contributed by atoms with van der Waals surface area (Å²) >= 11 is 5.12. The van der Waals surface area contributed by atoms with Gasteiger partial charge in [0.15, 0.2) is 5.11 Å². The third-order valence-electron chi connectivity index (χ3n) is 3.28. The van der Waals surface area contributed by atoms with Crippen molar-refractivity contribution >= 4 is 40.5 Å². The van der Waals surface area contributed by atoms with E-state index in [4.69, 9.17) is 12.2 Å². The van der Waals surface area contributed by atoms with Crippen molar-refractivity contribution in [1.82, 2.24) is 5.32 Å². The molecule has 21 heavy (non-hydrogen) atoms. The second-order valence-electron chi connectivity index (χ2n) is 5.15. The Morgan fingerprint density at radius 2 is 2.00 bits per heavy atom. The minimum atomic E-state index is -0.0418. The van der Waals surface area contributed by atoms with Crippen molar-refractivity contribution in [1.29, 1.82) is 0 Å². The quantitative estimate of drug-likeness (QED) is 0.748. The Hall–Kier alpha value is -1.95. The monoisotopic (exact) mass is 305 g/mol. The highest BCUT2D eigenvalue weighted by Crippen LogP contribution is 2.28. The molecule has 0 radical (unpaired) electrons. The van der Waals surface area contributed by atoms with E-state index in [1.165, 1.54) is 0 Å². The standard InChI is InChI=1S/C15H19N3O2S/c1-3-13(19)17-12-8-11(7-4-9(12)2)16-15(21)18-14(20)10-5-6-10/h4,7-8,10H,3,5-6H2,1-2H3,(H,17,19)(H2,16,18,20,21). The fourth-order valence-electron chi connectivity index (χ4n) is 1.79. The van der Waals surface area contributed by atoms with Crippen LogP contribution in [-0.2, 0) is 9.59 Å². The van der Waals surface area contributed by atoms with Crippen molar-refractivity contribution in [3.8, 4) is 0 Å². The zero-order valence-corrected chi connectivity index (χ0v) is 13.0. The third-order valence-corrected chi connectivity index (χ3v) is 3.48. The number of hydrogen-bond acceptors (Lipinski definition) is 3. The van der Waals surface area contributed by atoms with E-state index in [2.05, 4.69) is 16.0 Å². The van der Waals surface area contributed by atoms with Crippen LogP contribution in [-0.4, -0.2) is 16.9 Å². The molecule has 0 unspecified atom stereocenters. The number of hydrogen-bond donors (Lipinski definition) is 3. The molecule has 1 aliphatic rings. The number of rotatable bonds is 4. The molecular weight excluding hydrogens is 286 g/mol. The summed E-state index contributed by atoms with van der Waals surface area (Å²) in [6, 6.07) is 5.55. The van der Waals surface area contributed by atoms with Gasteiger partial charge in [-0.1, -0.05) is 13.0 Å². The number of thiocarbonyl (C=S) groups is 1. The van der Waals surface area contributed by atoms with Gasteiger partial charge in [0.2, 0.25) is 11.8 Å². The van der Waals surface area contributed by atoms with Crippen LogP contribution >= 0.6 is 12.2 Å². The molecule has 1 fully saturated rings. The highest BCUT2D eigenvalue weighted by atomic mass is 32.1. The Morgan fingerprint density at radius 1 is 1.29 bits per heavy atom. The molecule has 1 aromatic rings. The van der Waals surface area contributed by atoms with Gasteiger partial charge in [-0.15, -0.1) is 0 Å². The van der Waals surface area contributed by atoms with Gasteiger partial charge in [-0.2, -0.15) is 0 Å². The Bertz CT molecular complexity index is 582. The zero-order chi connectivity index (χ0) is 15.4. The molecule has 0 bridgehead atoms. The predicted octanol–water partition coefficient (Wildman–Crippen LogP) is 2.57. The van der Waals surface area contributed by atoms with E-state index in [0.717, 1.165) is 29.8 Å². The molecule has 0 heterocycles. The molecule has 0 aliphatic heterocycles. The predicted molar refractivity (Wildman–Crippen MR) is 87.2 cm³/mol. The summed E-state index contributed by atoms with van der Waals surface area (Å²) in [6.45, 7) is 3.72. The maximum absolute atomic E-state index is 11.6. The van der Waals surface area contributed by atoms with Gasteiger partial charge in [0.05, 0.1) is 0 Å². The van der Waals surface area contributed by atoms with Crippen LogP contribution in [0.3, 0.4) is 0 Å². The molecule has 112 valence electrons. The number of aryl methyl sites for hydroxylation is 1. The maximum Gasteiger partial charge on any atom is 0.229 e. The minimum Gasteiger partial charge on any atom is -0.332 e. The van der Waals surface area contributed by atoms with Gasteiger partial charge in [-0.05, 0) is 49.7 Å². The van der Waals surface area contributed by atoms with Gasteiger partial charge < -0.3 is 16.0 Å². The fraction of sp³-hybridized carbons (Fsp3) is 0.400. The van der Waals surface area contributed by atoms with Crippen LogP contribution in [0.4, 0.5) is 11.4 Å². The van der Waals surface area contributed by atoms with Gasteiger partial charge in [0, 0.05) is 23.7 Å². The molecule has 0 spiro atoms. The summed E-state index contributed by atoms with van der Waals surface area (Å²) < 4.78 is 0. The van der Waals surface area contributed by atoms with E-state index in [-0.39, 0.29) is 22.8 Å². The lowest BCUT2D eigenvalue weighted by Gasteiger charge is -2.13. The van der Waals surface area contributed by atoms with Gasteiger partial charge in [0.1, 0.15) is 0 Å². The van der Waals surface area contributed by atoms with Gasteiger partial charge in [-0.3, -0.25) is 9.59 Å². The molecule has 0 atom stereocenters. The number of carbonyl (C=O) groups is 2. The second kappa shape index (κ2) is 6.67. The SMILES string of the molecule is CCC(=O)Nc1cc(NC(=S)NC(=O)C2CC2)ccc1C. The van der Waals surface area contributed by atoms with Gasteiger partial charge >= 0.3 is 0 Å². The summed E-state index contributed by atoms with van der Waals surface area (Å²) in [7, 11) is 0. The Kier molecular flexibility index (Phi) is 4.90. The van der Waals surface area contributed by atoms with Gasteiger partial charge in [-0.25, -0.2) is 0 Å². The van der Waals surface area contributed by atoms with Crippen molar-refractivity contribution < 1.29 is 9.59 Å². The first kappa shape index (κ1) is 15.4. The van der Waals surface area contributed by atoms with Crippen LogP contribution in [0.2, 0.25) is 0 Å². The lowest BCUT2D eigenvalue weighted by atomic mass is 10.1. The largest absolute Gasteiger partial charge is 0.332 e. The van der Waals surface area contributed by atoms with E-state index in [1.807, 2.05) is 19.1 Å². The highest BCUT2D eigenvalue weighted by Gasteiger charge is 2.29. The van der Waals surface area contributed by atoms with Crippen molar-refractivity contribution in [3.63, 3.8) is 0 Å². The van der Waals surface area contributed by atoms with E-state index in [9.17, 15) is 9.59 Å². The molecule has 0 aromatic heterocycles. The maximum atomic E-state index is 11.6. The summed E-state index contributed by atoms with van der Waals surface area (Å²) in [4.78, 5) is 23.1. The lowest BCUT2D eigenvalue weighted by molar-refractivity contribution is -0.120. The second-order valence-corrected chi connectivity index (χ2v) is 5.56. The van der Waals surface area contributed by atoms with Gasteiger partial charge in [0.25, 0.3) is 0 Å². The molecule has 3 N–H and O–H groups in total. The van der Waals surface area contributed by atoms with Crippen molar-refractivity contribution in [2.45, 2.75) is 33.1 Å². The Balaban J connectivity index is 1.99. The number of anilines is 2. The number of amides is 2. The summed E-state index contributed by atoms with van der Waals surface area (Å²) in [5.74, 6) is 0.0427. The van der Waals surface area contributed by atoms with Crippen LogP contribution in [0.5, 0.6) is 0 Å². The molecular formula is C15H19N3O2S. The van der Waals surface area contributed by atoms with E-state index in [0.29, 0.717) is 6.42 Å². The summed E-state index contributed by atoms with van der Waals surface area (Å²) in [5, 5.41) is 8.75. The van der Waals surface area contributed by atoms with Crippen molar-refractivity contribution in [2.75, 3.05) is 10.6 Å². The molecule has 0 saturated heterocycles. The van der Waals surface area contributed by atoms with Crippen LogP contribution < -0.4 is 16.0 Å². The van der Waals surface area contributed by atoms with Crippen LogP contribution in [0.15, 0.2) is 18.2 Å². The Morgan fingerprint density at radius 3 is 2.62 bits per heavy atom. The van der Waals surface area contributed by atoms with Crippen molar-refractivity contribution in [3.05, 3.63) is 23.8 Å². The topological polar surface area (TPSA) is 70.2 Å². The molecule has 2 rings (SSSR count). The summed E-state index contributed by atoms with van der Waals surface area (Å²) in [5.41, 5.74) is 2.44. The number of benzene rings is 1. The molecule has 2 amide bonds. The van der Waals surface area contributed by atoms with Crippen molar-refractivity contribution in [2.24, 2.45) is 5.92 Å². The third kappa shape index (κ3) is 4.53. The number of carbonyl (C=O) groups excluding carboxylic acids is 2. The summed E-state index contributed by atoms with van der Waals surface area (Å²) in [6.07, 6.45) is 2.30. The molecule has 1 saturated carbocycles. The average Bonchev–Trinajstić information content (AvgIpc) is 3.26.